The second-order valence-electron chi connectivity index (χ2n) is 6.94. The molecule has 1 aromatic heterocycles. The van der Waals surface area contributed by atoms with Crippen LogP contribution in [0.5, 0.6) is 5.75 Å². The molecule has 0 saturated carbocycles. The number of nitrogens with zero attached hydrogens (tertiary/aromatic N) is 3. The van der Waals surface area contributed by atoms with E-state index in [9.17, 15) is 4.79 Å². The Morgan fingerprint density at radius 3 is 2.63 bits per heavy atom. The van der Waals surface area contributed by atoms with Gasteiger partial charge in [0.15, 0.2) is 10.6 Å². The average Bonchev–Trinajstić information content (AvgIpc) is 3.16. The quantitative estimate of drug-likeness (QED) is 0.383. The fraction of sp³-hybridized carbons (Fsp3) is 0.318. The molecule has 0 spiro atoms. The zero-order valence-corrected chi connectivity index (χ0v) is 18.1. The maximum atomic E-state index is 12.3. The first-order valence-corrected chi connectivity index (χ1v) is 10.3. The van der Waals surface area contributed by atoms with Crippen LogP contribution in [0.1, 0.15) is 12.8 Å². The summed E-state index contributed by atoms with van der Waals surface area (Å²) in [5, 5.41) is 10.1. The van der Waals surface area contributed by atoms with Crippen molar-refractivity contribution in [1.82, 2.24) is 20.1 Å². The van der Waals surface area contributed by atoms with Crippen LogP contribution in [-0.4, -0.2) is 47.9 Å². The van der Waals surface area contributed by atoms with Crippen molar-refractivity contribution in [2.24, 2.45) is 0 Å². The second-order valence-corrected chi connectivity index (χ2v) is 7.33. The number of carbonyl (C=O) groups is 1. The van der Waals surface area contributed by atoms with Gasteiger partial charge in [-0.15, -0.1) is 0 Å². The molecule has 0 fully saturated rings. The summed E-state index contributed by atoms with van der Waals surface area (Å²) >= 11 is 5.34. The van der Waals surface area contributed by atoms with E-state index < -0.39 is 0 Å². The molecule has 0 aliphatic rings. The fourth-order valence-corrected chi connectivity index (χ4v) is 3.37. The van der Waals surface area contributed by atoms with Gasteiger partial charge in [-0.2, -0.15) is 5.10 Å². The summed E-state index contributed by atoms with van der Waals surface area (Å²) in [5.41, 5.74) is 2.08. The molecule has 0 unspecified atom stereocenters. The number of H-pyrrole nitrogens is 1. The lowest BCUT2D eigenvalue weighted by molar-refractivity contribution is -0.121. The van der Waals surface area contributed by atoms with Crippen LogP contribution < -0.4 is 15.0 Å². The molecule has 3 rings (SSSR count). The second kappa shape index (κ2) is 10.6. The average molecular weight is 426 g/mol. The summed E-state index contributed by atoms with van der Waals surface area (Å²) in [4.78, 5) is 14.5. The Morgan fingerprint density at radius 2 is 1.93 bits per heavy atom. The molecule has 0 atom stereocenters. The van der Waals surface area contributed by atoms with Gasteiger partial charge in [-0.3, -0.25) is 14.5 Å². The number of anilines is 1. The number of para-hydroxylation sites is 1. The number of rotatable bonds is 10. The fourth-order valence-electron chi connectivity index (χ4n) is 3.14. The van der Waals surface area contributed by atoms with E-state index in [1.165, 1.54) is 5.69 Å². The van der Waals surface area contributed by atoms with Gasteiger partial charge in [-0.05, 0) is 55.0 Å². The lowest BCUT2D eigenvalue weighted by Gasteiger charge is -2.19. The Labute approximate surface area is 181 Å². The largest absolute Gasteiger partial charge is 0.497 e. The summed E-state index contributed by atoms with van der Waals surface area (Å²) in [5.74, 6) is 1.48. The third kappa shape index (κ3) is 5.70. The maximum Gasteiger partial charge on any atom is 0.221 e. The van der Waals surface area contributed by atoms with Gasteiger partial charge >= 0.3 is 0 Å². The van der Waals surface area contributed by atoms with E-state index >= 15 is 0 Å². The highest BCUT2D eigenvalue weighted by Crippen LogP contribution is 2.21. The molecule has 7 nitrogen and oxygen atoms in total. The van der Waals surface area contributed by atoms with Gasteiger partial charge in [-0.1, -0.05) is 18.2 Å². The number of methoxy groups -OCH3 is 1. The number of nitrogens with one attached hydrogen (secondary N) is 2. The molecule has 2 N–H and O–H groups in total. The predicted octanol–water partition coefficient (Wildman–Crippen LogP) is 3.65. The SMILES string of the molecule is COc1ccc(-c2n[nH]c(=S)n2CCC(=O)NCCCN(C)c2ccccc2)cc1. The van der Waals surface area contributed by atoms with E-state index in [4.69, 9.17) is 17.0 Å². The number of ether oxygens (including phenoxy) is 1. The molecule has 3 aromatic rings. The van der Waals surface area contributed by atoms with Crippen LogP contribution in [0, 0.1) is 4.77 Å². The Hall–Kier alpha value is -3.13. The third-order valence-corrected chi connectivity index (χ3v) is 5.17. The number of carbonyl (C=O) groups excluding carboxylic acids is 1. The summed E-state index contributed by atoms with van der Waals surface area (Å²) < 4.78 is 7.54. The summed E-state index contributed by atoms with van der Waals surface area (Å²) in [6.07, 6.45) is 1.21. The molecule has 2 aromatic carbocycles. The number of aromatic nitrogens is 3. The van der Waals surface area contributed by atoms with E-state index in [0.29, 0.717) is 30.1 Å². The Bertz CT molecular complexity index is 998. The molecule has 0 aliphatic heterocycles. The van der Waals surface area contributed by atoms with Gasteiger partial charge in [0.25, 0.3) is 0 Å². The highest BCUT2D eigenvalue weighted by atomic mass is 32.1. The minimum Gasteiger partial charge on any atom is -0.497 e. The number of hydrogen-bond acceptors (Lipinski definition) is 5. The standard InChI is InChI=1S/C22H27N5O2S/c1-26(18-7-4-3-5-8-18)15-6-14-23-20(28)13-16-27-21(24-25-22(27)30)17-9-11-19(29-2)12-10-17/h3-5,7-12H,6,13-16H2,1-2H3,(H,23,28)(H,25,30). The molecular weight excluding hydrogens is 398 g/mol. The summed E-state index contributed by atoms with van der Waals surface area (Å²) in [6, 6.07) is 17.8. The van der Waals surface area contributed by atoms with Gasteiger partial charge in [0.1, 0.15) is 5.75 Å². The smallest absolute Gasteiger partial charge is 0.221 e. The summed E-state index contributed by atoms with van der Waals surface area (Å²) in [7, 11) is 3.68. The Morgan fingerprint density at radius 1 is 1.20 bits per heavy atom. The normalized spacial score (nSPS) is 10.6. The minimum atomic E-state index is 0.00106. The molecule has 158 valence electrons. The third-order valence-electron chi connectivity index (χ3n) is 4.86. The van der Waals surface area contributed by atoms with E-state index in [1.54, 1.807) is 7.11 Å². The zero-order valence-electron chi connectivity index (χ0n) is 17.3. The highest BCUT2D eigenvalue weighted by Gasteiger charge is 2.11. The maximum absolute atomic E-state index is 12.3. The molecule has 30 heavy (non-hydrogen) atoms. The first kappa shape index (κ1) is 21.6. The highest BCUT2D eigenvalue weighted by molar-refractivity contribution is 7.71. The molecule has 0 saturated heterocycles. The molecule has 0 aliphatic carbocycles. The Balaban J connectivity index is 1.47. The van der Waals surface area contributed by atoms with Gasteiger partial charge in [0.05, 0.1) is 7.11 Å². The zero-order chi connectivity index (χ0) is 21.3. The summed E-state index contributed by atoms with van der Waals surface area (Å²) in [6.45, 7) is 1.98. The van der Waals surface area contributed by atoms with Crippen molar-refractivity contribution >= 4 is 23.8 Å². The van der Waals surface area contributed by atoms with Crippen molar-refractivity contribution in [1.29, 1.82) is 0 Å². The van der Waals surface area contributed by atoms with Crippen molar-refractivity contribution in [3.63, 3.8) is 0 Å². The molecule has 1 heterocycles. The number of hydrogen-bond donors (Lipinski definition) is 2. The van der Waals surface area contributed by atoms with Crippen LogP contribution in [0.15, 0.2) is 54.6 Å². The van der Waals surface area contributed by atoms with Crippen molar-refractivity contribution in [2.75, 3.05) is 32.1 Å². The predicted molar refractivity (Wildman–Crippen MR) is 121 cm³/mol. The van der Waals surface area contributed by atoms with Gasteiger partial charge in [0, 0.05) is 44.4 Å². The topological polar surface area (TPSA) is 75.2 Å². The minimum absolute atomic E-state index is 0.00106. The molecule has 0 radical (unpaired) electrons. The van der Waals surface area contributed by atoms with Crippen molar-refractivity contribution < 1.29 is 9.53 Å². The van der Waals surface area contributed by atoms with Crippen LogP contribution in [-0.2, 0) is 11.3 Å². The van der Waals surface area contributed by atoms with E-state index in [2.05, 4.69) is 39.6 Å². The van der Waals surface area contributed by atoms with Gasteiger partial charge in [0.2, 0.25) is 5.91 Å². The van der Waals surface area contributed by atoms with Crippen molar-refractivity contribution in [3.8, 4) is 17.1 Å². The van der Waals surface area contributed by atoms with Crippen LogP contribution in [0.25, 0.3) is 11.4 Å². The molecule has 1 amide bonds. The van der Waals surface area contributed by atoms with Crippen LogP contribution in [0.4, 0.5) is 5.69 Å². The monoisotopic (exact) mass is 425 g/mol. The number of amides is 1. The van der Waals surface area contributed by atoms with Crippen LogP contribution in [0.3, 0.4) is 0 Å². The lowest BCUT2D eigenvalue weighted by Crippen LogP contribution is -2.28. The Kier molecular flexibility index (Phi) is 7.62. The van der Waals surface area contributed by atoms with E-state index in [1.807, 2.05) is 47.0 Å². The number of benzene rings is 2. The first-order chi connectivity index (χ1) is 14.6. The lowest BCUT2D eigenvalue weighted by atomic mass is 10.2. The number of aromatic amines is 1. The molecule has 0 bridgehead atoms. The van der Waals surface area contributed by atoms with Gasteiger partial charge < -0.3 is 15.0 Å². The van der Waals surface area contributed by atoms with E-state index in [-0.39, 0.29) is 5.91 Å². The first-order valence-electron chi connectivity index (χ1n) is 9.91. The van der Waals surface area contributed by atoms with Gasteiger partial charge in [-0.25, -0.2) is 0 Å². The van der Waals surface area contributed by atoms with E-state index in [0.717, 1.165) is 24.3 Å². The van der Waals surface area contributed by atoms with Crippen molar-refractivity contribution in [2.45, 2.75) is 19.4 Å². The van der Waals surface area contributed by atoms with Crippen LogP contribution >= 0.6 is 12.2 Å². The molecular formula is C22H27N5O2S. The van der Waals surface area contributed by atoms with Crippen LogP contribution in [0.2, 0.25) is 0 Å². The molecule has 8 heteroatoms. The van der Waals surface area contributed by atoms with Crippen molar-refractivity contribution in [3.05, 3.63) is 59.4 Å².